The Bertz CT molecular complexity index is 825. The lowest BCUT2D eigenvalue weighted by atomic mass is 9.95. The van der Waals surface area contributed by atoms with Crippen LogP contribution in [0.15, 0.2) is 48.5 Å². The number of piperazine rings is 1. The summed E-state index contributed by atoms with van der Waals surface area (Å²) in [6.45, 7) is 9.32. The number of nitrogens with zero attached hydrogens (tertiary/aromatic N) is 2. The lowest BCUT2D eigenvalue weighted by Gasteiger charge is -2.43. The van der Waals surface area contributed by atoms with Crippen LogP contribution in [-0.4, -0.2) is 60.5 Å². The van der Waals surface area contributed by atoms with Crippen molar-refractivity contribution in [2.45, 2.75) is 45.4 Å². The number of hydrogen-bond acceptors (Lipinski definition) is 5. The Balaban J connectivity index is 0.000000890. The van der Waals surface area contributed by atoms with Crippen LogP contribution in [-0.2, 0) is 8.92 Å². The number of halogens is 2. The Hall–Kier alpha value is -2.16. The normalized spacial score (nSPS) is 16.9. The Labute approximate surface area is 200 Å². The van der Waals surface area contributed by atoms with Gasteiger partial charge in [-0.3, -0.25) is 4.90 Å². The van der Waals surface area contributed by atoms with Crippen LogP contribution in [0.2, 0.25) is 0 Å². The van der Waals surface area contributed by atoms with Crippen molar-refractivity contribution < 1.29 is 22.5 Å². The summed E-state index contributed by atoms with van der Waals surface area (Å²) in [6.07, 6.45) is 1.56. The summed E-state index contributed by atoms with van der Waals surface area (Å²) in [5.74, 6) is -0.593. The molecule has 33 heavy (non-hydrogen) atoms. The van der Waals surface area contributed by atoms with Crippen molar-refractivity contribution in [1.29, 1.82) is 0 Å². The third-order valence-electron chi connectivity index (χ3n) is 5.19. The summed E-state index contributed by atoms with van der Waals surface area (Å²) >= 11 is 1.36. The van der Waals surface area contributed by atoms with Crippen LogP contribution in [0.4, 0.5) is 13.6 Å². The Morgan fingerprint density at radius 1 is 1.00 bits per heavy atom. The van der Waals surface area contributed by atoms with E-state index < -0.39 is 5.60 Å². The van der Waals surface area contributed by atoms with Gasteiger partial charge in [0.1, 0.15) is 17.2 Å². The van der Waals surface area contributed by atoms with Gasteiger partial charge in [-0.1, -0.05) is 24.3 Å². The van der Waals surface area contributed by atoms with E-state index in [-0.39, 0.29) is 29.8 Å². The SMILES string of the molecule is CC1CN(C(c2ccc(F)cc2)c2ccc(F)cc2)CCN1C(=O)OC(C)(C)C.COSC. The number of hydrogen-bond donors (Lipinski definition) is 0. The molecule has 0 saturated carbocycles. The predicted octanol–water partition coefficient (Wildman–Crippen LogP) is 5.91. The third-order valence-corrected chi connectivity index (χ3v) is 5.52. The molecule has 1 aliphatic heterocycles. The molecule has 1 heterocycles. The molecule has 1 amide bonds. The van der Waals surface area contributed by atoms with Crippen molar-refractivity contribution in [3.8, 4) is 0 Å². The van der Waals surface area contributed by atoms with Gasteiger partial charge < -0.3 is 13.8 Å². The molecular weight excluding hydrogens is 446 g/mol. The highest BCUT2D eigenvalue weighted by Gasteiger charge is 2.34. The number of rotatable bonds is 4. The van der Waals surface area contributed by atoms with E-state index in [1.807, 2.05) is 34.0 Å². The predicted molar refractivity (Wildman–Crippen MR) is 129 cm³/mol. The largest absolute Gasteiger partial charge is 0.444 e. The van der Waals surface area contributed by atoms with Gasteiger partial charge in [0.15, 0.2) is 0 Å². The van der Waals surface area contributed by atoms with Crippen molar-refractivity contribution in [1.82, 2.24) is 9.80 Å². The molecule has 3 rings (SSSR count). The van der Waals surface area contributed by atoms with E-state index in [1.54, 1.807) is 36.3 Å². The molecule has 1 unspecified atom stereocenters. The molecule has 2 aromatic rings. The standard InChI is InChI=1S/C23H28F2N2O2.C2H6OS/c1-16-15-26(13-14-27(16)22(28)29-23(2,3)4)21(17-5-9-19(24)10-6-17)18-7-11-20(25)12-8-18;1-3-4-2/h5-12,16,21H,13-15H2,1-4H3;1-2H3. The zero-order chi connectivity index (χ0) is 24.6. The van der Waals surface area contributed by atoms with Gasteiger partial charge >= 0.3 is 6.09 Å². The van der Waals surface area contributed by atoms with Gasteiger partial charge in [0.2, 0.25) is 0 Å². The number of amides is 1. The molecule has 0 N–H and O–H groups in total. The van der Waals surface area contributed by atoms with Crippen LogP contribution in [0, 0.1) is 11.6 Å². The molecule has 0 bridgehead atoms. The minimum absolute atomic E-state index is 0.0537. The van der Waals surface area contributed by atoms with E-state index in [0.717, 1.165) is 11.1 Å². The van der Waals surface area contributed by atoms with Gasteiger partial charge in [0, 0.05) is 31.9 Å². The van der Waals surface area contributed by atoms with E-state index in [1.165, 1.54) is 36.3 Å². The van der Waals surface area contributed by atoms with Crippen LogP contribution < -0.4 is 0 Å². The van der Waals surface area contributed by atoms with Crippen molar-refractivity contribution in [2.24, 2.45) is 0 Å². The van der Waals surface area contributed by atoms with Gasteiger partial charge in [0.25, 0.3) is 0 Å². The molecule has 1 aliphatic rings. The van der Waals surface area contributed by atoms with E-state index >= 15 is 0 Å². The first-order valence-electron chi connectivity index (χ1n) is 10.9. The zero-order valence-corrected chi connectivity index (χ0v) is 21.0. The molecule has 0 aliphatic carbocycles. The van der Waals surface area contributed by atoms with Crippen LogP contribution in [0.25, 0.3) is 0 Å². The Kier molecular flexibility index (Phi) is 10.1. The Morgan fingerprint density at radius 3 is 1.82 bits per heavy atom. The van der Waals surface area contributed by atoms with Gasteiger partial charge in [-0.25, -0.2) is 13.6 Å². The highest BCUT2D eigenvalue weighted by Crippen LogP contribution is 2.31. The van der Waals surface area contributed by atoms with Gasteiger partial charge in [0.05, 0.1) is 13.2 Å². The van der Waals surface area contributed by atoms with Crippen molar-refractivity contribution in [3.63, 3.8) is 0 Å². The highest BCUT2D eigenvalue weighted by molar-refractivity contribution is 7.93. The van der Waals surface area contributed by atoms with Gasteiger partial charge in [-0.05, 0) is 75.1 Å². The van der Waals surface area contributed by atoms with E-state index in [0.29, 0.717) is 19.6 Å². The molecule has 0 spiro atoms. The Morgan fingerprint density at radius 2 is 1.45 bits per heavy atom. The number of ether oxygens (including phenoxy) is 1. The van der Waals surface area contributed by atoms with Crippen molar-refractivity contribution in [3.05, 3.63) is 71.3 Å². The van der Waals surface area contributed by atoms with Gasteiger partial charge in [-0.2, -0.15) is 0 Å². The second-order valence-corrected chi connectivity index (χ2v) is 9.52. The molecule has 0 aromatic heterocycles. The number of benzene rings is 2. The van der Waals surface area contributed by atoms with Crippen LogP contribution in [0.5, 0.6) is 0 Å². The monoisotopic (exact) mass is 480 g/mol. The molecule has 8 heteroatoms. The smallest absolute Gasteiger partial charge is 0.410 e. The summed E-state index contributed by atoms with van der Waals surface area (Å²) in [6, 6.07) is 12.6. The average molecular weight is 481 g/mol. The van der Waals surface area contributed by atoms with Crippen molar-refractivity contribution >= 4 is 18.1 Å². The molecule has 1 atom stereocenters. The van der Waals surface area contributed by atoms with Crippen molar-refractivity contribution in [2.75, 3.05) is 33.0 Å². The topological polar surface area (TPSA) is 42.0 Å². The second-order valence-electron chi connectivity index (χ2n) is 8.86. The minimum Gasteiger partial charge on any atom is -0.444 e. The fourth-order valence-corrected chi connectivity index (χ4v) is 3.72. The summed E-state index contributed by atoms with van der Waals surface area (Å²) in [5.41, 5.74) is 1.31. The molecule has 0 radical (unpaired) electrons. The highest BCUT2D eigenvalue weighted by atomic mass is 32.2. The second kappa shape index (κ2) is 12.3. The first kappa shape index (κ1) is 27.1. The molecule has 2 aromatic carbocycles. The van der Waals surface area contributed by atoms with Crippen LogP contribution in [0.3, 0.4) is 0 Å². The zero-order valence-electron chi connectivity index (χ0n) is 20.2. The van der Waals surface area contributed by atoms with Gasteiger partial charge in [-0.15, -0.1) is 0 Å². The molecule has 1 saturated heterocycles. The quantitative estimate of drug-likeness (QED) is 0.509. The summed E-state index contributed by atoms with van der Waals surface area (Å²) in [7, 11) is 1.64. The lowest BCUT2D eigenvalue weighted by molar-refractivity contribution is -0.00223. The third kappa shape index (κ3) is 8.28. The number of carbonyl (C=O) groups is 1. The maximum atomic E-state index is 13.5. The van der Waals surface area contributed by atoms with E-state index in [2.05, 4.69) is 9.08 Å². The van der Waals surface area contributed by atoms with E-state index in [9.17, 15) is 13.6 Å². The molecule has 182 valence electrons. The average Bonchev–Trinajstić information content (AvgIpc) is 2.75. The molecule has 1 fully saturated rings. The summed E-state index contributed by atoms with van der Waals surface area (Å²) in [4.78, 5) is 16.5. The maximum Gasteiger partial charge on any atom is 0.410 e. The molecule has 5 nitrogen and oxygen atoms in total. The summed E-state index contributed by atoms with van der Waals surface area (Å²) in [5, 5.41) is 0. The lowest BCUT2D eigenvalue weighted by Crippen LogP contribution is -2.55. The maximum absolute atomic E-state index is 13.5. The van der Waals surface area contributed by atoms with Crippen LogP contribution >= 0.6 is 12.0 Å². The minimum atomic E-state index is -0.543. The first-order chi connectivity index (χ1) is 15.6. The number of carbonyl (C=O) groups excluding carboxylic acids is 1. The van der Waals surface area contributed by atoms with Crippen LogP contribution in [0.1, 0.15) is 44.9 Å². The first-order valence-corrected chi connectivity index (χ1v) is 12.0. The summed E-state index contributed by atoms with van der Waals surface area (Å²) < 4.78 is 36.9. The molecular formula is C25H34F2N2O3S. The fourth-order valence-electron chi connectivity index (χ4n) is 3.72. The fraction of sp³-hybridized carbons (Fsp3) is 0.480. The van der Waals surface area contributed by atoms with E-state index in [4.69, 9.17) is 4.74 Å².